The van der Waals surface area contributed by atoms with Crippen LogP contribution < -0.4 is 14.9 Å². The molecular weight excluding hydrogens is 343 g/mol. The van der Waals surface area contributed by atoms with E-state index >= 15 is 0 Å². The summed E-state index contributed by atoms with van der Waals surface area (Å²) in [5.74, 6) is 1.02. The number of hydrogen-bond acceptors (Lipinski definition) is 4. The average molecular weight is 364 g/mol. The van der Waals surface area contributed by atoms with Crippen LogP contribution in [0.15, 0.2) is 71.8 Å². The van der Waals surface area contributed by atoms with E-state index in [0.29, 0.717) is 23.8 Å². The SMILES string of the molecule is COc1ccc(/C=N/Nc2ccc(F)cc2)cc1OCc1ccc(C)cc1. The van der Waals surface area contributed by atoms with Gasteiger partial charge in [0, 0.05) is 0 Å². The van der Waals surface area contributed by atoms with E-state index < -0.39 is 0 Å². The maximum atomic E-state index is 12.9. The molecule has 0 saturated heterocycles. The van der Waals surface area contributed by atoms with Crippen LogP contribution in [0, 0.1) is 12.7 Å². The molecule has 138 valence electrons. The van der Waals surface area contributed by atoms with Gasteiger partial charge < -0.3 is 9.47 Å². The number of ether oxygens (including phenoxy) is 2. The molecule has 0 bridgehead atoms. The molecule has 0 radical (unpaired) electrons. The maximum absolute atomic E-state index is 12.9. The summed E-state index contributed by atoms with van der Waals surface area (Å²) in [6.07, 6.45) is 1.67. The summed E-state index contributed by atoms with van der Waals surface area (Å²) in [5.41, 5.74) is 6.71. The highest BCUT2D eigenvalue weighted by molar-refractivity contribution is 5.81. The normalized spacial score (nSPS) is 10.8. The third-order valence-corrected chi connectivity index (χ3v) is 3.95. The molecule has 4 nitrogen and oxygen atoms in total. The lowest BCUT2D eigenvalue weighted by Gasteiger charge is -2.11. The van der Waals surface area contributed by atoms with Crippen LogP contribution in [-0.4, -0.2) is 13.3 Å². The van der Waals surface area contributed by atoms with Gasteiger partial charge in [-0.15, -0.1) is 0 Å². The molecule has 27 heavy (non-hydrogen) atoms. The topological polar surface area (TPSA) is 42.8 Å². The van der Waals surface area contributed by atoms with Crippen molar-refractivity contribution in [2.45, 2.75) is 13.5 Å². The minimum absolute atomic E-state index is 0.282. The van der Waals surface area contributed by atoms with Crippen molar-refractivity contribution in [1.82, 2.24) is 0 Å². The highest BCUT2D eigenvalue weighted by Gasteiger charge is 2.06. The summed E-state index contributed by atoms with van der Waals surface area (Å²) < 4.78 is 24.2. The van der Waals surface area contributed by atoms with E-state index in [9.17, 15) is 4.39 Å². The Balaban J connectivity index is 1.67. The second kappa shape index (κ2) is 8.85. The standard InChI is InChI=1S/C22H21FN2O2/c1-16-3-5-17(6-4-16)15-27-22-13-18(7-12-21(22)26-2)14-24-25-20-10-8-19(23)9-11-20/h3-14,25H,15H2,1-2H3/b24-14+. The van der Waals surface area contributed by atoms with Crippen molar-refractivity contribution in [3.63, 3.8) is 0 Å². The minimum atomic E-state index is -0.282. The number of halogens is 1. The van der Waals surface area contributed by atoms with E-state index in [-0.39, 0.29) is 5.82 Å². The monoisotopic (exact) mass is 364 g/mol. The van der Waals surface area contributed by atoms with Crippen LogP contribution in [-0.2, 0) is 6.61 Å². The molecule has 3 aromatic carbocycles. The van der Waals surface area contributed by atoms with Gasteiger partial charge in [-0.25, -0.2) is 4.39 Å². The highest BCUT2D eigenvalue weighted by atomic mass is 19.1. The molecule has 0 unspecified atom stereocenters. The number of aryl methyl sites for hydroxylation is 1. The number of nitrogens with one attached hydrogen (secondary N) is 1. The number of methoxy groups -OCH3 is 1. The van der Waals surface area contributed by atoms with E-state index in [1.54, 1.807) is 25.5 Å². The van der Waals surface area contributed by atoms with Gasteiger partial charge in [-0.1, -0.05) is 29.8 Å². The Morgan fingerprint density at radius 2 is 1.70 bits per heavy atom. The summed E-state index contributed by atoms with van der Waals surface area (Å²) in [5, 5.41) is 4.17. The van der Waals surface area contributed by atoms with Crippen LogP contribution in [0.3, 0.4) is 0 Å². The predicted octanol–water partition coefficient (Wildman–Crippen LogP) is 5.17. The first kappa shape index (κ1) is 18.5. The molecule has 0 fully saturated rings. The zero-order valence-corrected chi connectivity index (χ0v) is 15.3. The lowest BCUT2D eigenvalue weighted by atomic mass is 10.1. The molecule has 0 aliphatic carbocycles. The Hall–Kier alpha value is -3.34. The van der Waals surface area contributed by atoms with Crippen molar-refractivity contribution in [1.29, 1.82) is 0 Å². The molecule has 5 heteroatoms. The first-order chi connectivity index (χ1) is 13.1. The van der Waals surface area contributed by atoms with Gasteiger partial charge in [0.2, 0.25) is 0 Å². The van der Waals surface area contributed by atoms with E-state index in [4.69, 9.17) is 9.47 Å². The van der Waals surface area contributed by atoms with Gasteiger partial charge in [-0.3, -0.25) is 5.43 Å². The maximum Gasteiger partial charge on any atom is 0.162 e. The molecule has 3 rings (SSSR count). The van der Waals surface area contributed by atoms with E-state index in [2.05, 4.69) is 29.6 Å². The van der Waals surface area contributed by atoms with Crippen molar-refractivity contribution in [3.8, 4) is 11.5 Å². The average Bonchev–Trinajstić information content (AvgIpc) is 2.69. The Morgan fingerprint density at radius 1 is 0.963 bits per heavy atom. The second-order valence-corrected chi connectivity index (χ2v) is 6.06. The Bertz CT molecular complexity index is 907. The second-order valence-electron chi connectivity index (χ2n) is 6.06. The number of hydrazone groups is 1. The number of nitrogens with zero attached hydrogens (tertiary/aromatic N) is 1. The number of rotatable bonds is 7. The van der Waals surface area contributed by atoms with Crippen molar-refractivity contribution >= 4 is 11.9 Å². The molecule has 0 atom stereocenters. The smallest absolute Gasteiger partial charge is 0.162 e. The van der Waals surface area contributed by atoms with Crippen molar-refractivity contribution in [2.75, 3.05) is 12.5 Å². The summed E-state index contributed by atoms with van der Waals surface area (Å²) >= 11 is 0. The fourth-order valence-corrected chi connectivity index (χ4v) is 2.44. The number of benzene rings is 3. The number of hydrogen-bond donors (Lipinski definition) is 1. The minimum Gasteiger partial charge on any atom is -0.493 e. The Labute approximate surface area is 158 Å². The van der Waals surface area contributed by atoms with Crippen LogP contribution in [0.1, 0.15) is 16.7 Å². The largest absolute Gasteiger partial charge is 0.493 e. The van der Waals surface area contributed by atoms with Gasteiger partial charge in [-0.2, -0.15) is 5.10 Å². The van der Waals surface area contributed by atoms with Crippen molar-refractivity contribution < 1.29 is 13.9 Å². The van der Waals surface area contributed by atoms with Gasteiger partial charge in [0.15, 0.2) is 11.5 Å². The quantitative estimate of drug-likeness (QED) is 0.465. The van der Waals surface area contributed by atoms with Gasteiger partial charge in [0.25, 0.3) is 0 Å². The fraction of sp³-hybridized carbons (Fsp3) is 0.136. The van der Waals surface area contributed by atoms with Crippen LogP contribution in [0.2, 0.25) is 0 Å². The van der Waals surface area contributed by atoms with Crippen LogP contribution >= 0.6 is 0 Å². The third kappa shape index (κ3) is 5.31. The van der Waals surface area contributed by atoms with Crippen molar-refractivity contribution in [2.24, 2.45) is 5.10 Å². The summed E-state index contributed by atoms with van der Waals surface area (Å²) in [6.45, 7) is 2.50. The lowest BCUT2D eigenvalue weighted by molar-refractivity contribution is 0.284. The van der Waals surface area contributed by atoms with Gasteiger partial charge >= 0.3 is 0 Å². The molecule has 0 aromatic heterocycles. The molecule has 0 amide bonds. The molecule has 0 heterocycles. The Kier molecular flexibility index (Phi) is 6.05. The first-order valence-corrected chi connectivity index (χ1v) is 8.55. The zero-order valence-electron chi connectivity index (χ0n) is 15.3. The molecular formula is C22H21FN2O2. The molecule has 0 aliphatic heterocycles. The molecule has 0 aliphatic rings. The van der Waals surface area contributed by atoms with Gasteiger partial charge in [0.1, 0.15) is 12.4 Å². The highest BCUT2D eigenvalue weighted by Crippen LogP contribution is 2.28. The summed E-state index contributed by atoms with van der Waals surface area (Å²) in [7, 11) is 1.61. The molecule has 0 spiro atoms. The van der Waals surface area contributed by atoms with Crippen molar-refractivity contribution in [3.05, 3.63) is 89.2 Å². The fourth-order valence-electron chi connectivity index (χ4n) is 2.44. The summed E-state index contributed by atoms with van der Waals surface area (Å²) in [4.78, 5) is 0. The molecule has 3 aromatic rings. The zero-order chi connectivity index (χ0) is 19.1. The van der Waals surface area contributed by atoms with Crippen LogP contribution in [0.25, 0.3) is 0 Å². The third-order valence-electron chi connectivity index (χ3n) is 3.95. The van der Waals surface area contributed by atoms with Crippen LogP contribution in [0.5, 0.6) is 11.5 Å². The van der Waals surface area contributed by atoms with Gasteiger partial charge in [0.05, 0.1) is 19.0 Å². The number of anilines is 1. The Morgan fingerprint density at radius 3 is 2.41 bits per heavy atom. The van der Waals surface area contributed by atoms with E-state index in [1.165, 1.54) is 17.7 Å². The molecule has 1 N–H and O–H groups in total. The van der Waals surface area contributed by atoms with E-state index in [0.717, 1.165) is 11.1 Å². The predicted molar refractivity (Wildman–Crippen MR) is 106 cm³/mol. The van der Waals surface area contributed by atoms with Gasteiger partial charge in [-0.05, 0) is 60.5 Å². The molecule has 0 saturated carbocycles. The summed E-state index contributed by atoms with van der Waals surface area (Å²) in [6, 6.07) is 19.8. The van der Waals surface area contributed by atoms with Crippen LogP contribution in [0.4, 0.5) is 10.1 Å². The lowest BCUT2D eigenvalue weighted by Crippen LogP contribution is -1.99. The first-order valence-electron chi connectivity index (χ1n) is 8.55. The van der Waals surface area contributed by atoms with E-state index in [1.807, 2.05) is 30.3 Å².